The lowest BCUT2D eigenvalue weighted by atomic mass is 10.1. The van der Waals surface area contributed by atoms with Crippen LogP contribution in [0, 0.1) is 13.8 Å². The Hall–Kier alpha value is -2.10. The molecule has 3 nitrogen and oxygen atoms in total. The van der Waals surface area contributed by atoms with E-state index in [0.29, 0.717) is 25.2 Å². The highest BCUT2D eigenvalue weighted by atomic mass is 35.5. The molecular formula is C22H28ClNO2. The van der Waals surface area contributed by atoms with Gasteiger partial charge in [-0.1, -0.05) is 55.1 Å². The molecule has 0 N–H and O–H groups in total. The summed E-state index contributed by atoms with van der Waals surface area (Å²) in [5.41, 5.74) is 5.20. The molecule has 0 aliphatic heterocycles. The van der Waals surface area contributed by atoms with Crippen molar-refractivity contribution in [3.8, 4) is 0 Å². The number of carbonyl (C=O) groups excluding carboxylic acids is 1. The van der Waals surface area contributed by atoms with Gasteiger partial charge in [0.25, 0.3) is 0 Å². The molecule has 140 valence electrons. The molecule has 2 rings (SSSR count). The van der Waals surface area contributed by atoms with E-state index < -0.39 is 0 Å². The lowest BCUT2D eigenvalue weighted by Gasteiger charge is -2.34. The van der Waals surface area contributed by atoms with Gasteiger partial charge in [-0.2, -0.15) is 0 Å². The smallest absolute Gasteiger partial charge is 0.392 e. The zero-order valence-electron chi connectivity index (χ0n) is 16.1. The quantitative estimate of drug-likeness (QED) is 0.421. The minimum absolute atomic E-state index is 0. The molecular weight excluding hydrogens is 346 g/mol. The molecule has 0 aliphatic rings. The Balaban J connectivity index is 0.00000338. The van der Waals surface area contributed by atoms with E-state index in [1.54, 1.807) is 6.92 Å². The van der Waals surface area contributed by atoms with E-state index in [9.17, 15) is 4.79 Å². The number of hydroxylamine groups is 3. The van der Waals surface area contributed by atoms with E-state index in [1.165, 1.54) is 22.3 Å². The number of quaternary nitrogens is 1. The topological polar surface area (TPSA) is 26.3 Å². The molecule has 0 saturated carbocycles. The summed E-state index contributed by atoms with van der Waals surface area (Å²) in [5.74, 6) is -0.344. The third-order valence-electron chi connectivity index (χ3n) is 4.64. The summed E-state index contributed by atoms with van der Waals surface area (Å²) in [4.78, 5) is 18.3. The molecule has 0 spiro atoms. The van der Waals surface area contributed by atoms with Crippen molar-refractivity contribution in [2.24, 2.45) is 0 Å². The SMILES string of the molecule is C=C(C)C(=O)O[N+](CC)(Cc1ccccc1C)Cc1ccccc1C.[Cl-]. The fourth-order valence-corrected chi connectivity index (χ4v) is 2.86. The highest BCUT2D eigenvalue weighted by molar-refractivity contribution is 5.86. The van der Waals surface area contributed by atoms with Gasteiger partial charge >= 0.3 is 5.97 Å². The standard InChI is InChI=1S/C22H28NO2.ClH/c1-6-23(25-22(24)17(2)3,15-20-13-9-7-11-18(20)4)16-21-14-10-8-12-19(21)5;/h7-14H,2,6,15-16H2,1,3-5H3;1H/q+1;/p-1. The number of aryl methyl sites for hydroxylation is 2. The Labute approximate surface area is 163 Å². The van der Waals surface area contributed by atoms with Gasteiger partial charge < -0.3 is 12.4 Å². The minimum atomic E-state index is -0.344. The monoisotopic (exact) mass is 373 g/mol. The van der Waals surface area contributed by atoms with Gasteiger partial charge in [0.15, 0.2) is 0 Å². The molecule has 0 fully saturated rings. The predicted molar refractivity (Wildman–Crippen MR) is 101 cm³/mol. The zero-order valence-corrected chi connectivity index (χ0v) is 16.8. The largest absolute Gasteiger partial charge is 1.00 e. The van der Waals surface area contributed by atoms with Gasteiger partial charge in [-0.3, -0.25) is 4.84 Å². The van der Waals surface area contributed by atoms with Gasteiger partial charge in [-0.15, -0.1) is 4.65 Å². The number of hydrogen-bond donors (Lipinski definition) is 0. The summed E-state index contributed by atoms with van der Waals surface area (Å²) in [5, 5.41) is 0. The van der Waals surface area contributed by atoms with Crippen molar-refractivity contribution >= 4 is 5.97 Å². The van der Waals surface area contributed by atoms with Crippen molar-refractivity contribution in [1.82, 2.24) is 0 Å². The highest BCUT2D eigenvalue weighted by Gasteiger charge is 2.33. The third kappa shape index (κ3) is 5.45. The summed E-state index contributed by atoms with van der Waals surface area (Å²) in [7, 11) is 0. The molecule has 0 saturated heterocycles. The zero-order chi connectivity index (χ0) is 18.4. The predicted octanol–water partition coefficient (Wildman–Crippen LogP) is 1.88. The van der Waals surface area contributed by atoms with Crippen LogP contribution >= 0.6 is 0 Å². The fourth-order valence-electron chi connectivity index (χ4n) is 2.86. The fraction of sp³-hybridized carbons (Fsp3) is 0.318. The van der Waals surface area contributed by atoms with Gasteiger partial charge in [0.05, 0.1) is 0 Å². The molecule has 0 aromatic heterocycles. The van der Waals surface area contributed by atoms with Crippen LogP contribution in [0.15, 0.2) is 60.7 Å². The summed E-state index contributed by atoms with van der Waals surface area (Å²) in [6.07, 6.45) is 0. The Bertz CT molecular complexity index is 723. The first-order valence-electron chi connectivity index (χ1n) is 8.71. The van der Waals surface area contributed by atoms with Gasteiger partial charge in [0, 0.05) is 16.7 Å². The lowest BCUT2D eigenvalue weighted by Crippen LogP contribution is -3.00. The highest BCUT2D eigenvalue weighted by Crippen LogP contribution is 2.24. The number of rotatable bonds is 7. The molecule has 0 aliphatic carbocycles. The van der Waals surface area contributed by atoms with Crippen molar-refractivity contribution in [2.75, 3.05) is 6.54 Å². The van der Waals surface area contributed by atoms with Crippen LogP contribution in [0.3, 0.4) is 0 Å². The van der Waals surface area contributed by atoms with E-state index in [4.69, 9.17) is 4.84 Å². The van der Waals surface area contributed by atoms with Crippen molar-refractivity contribution in [3.05, 3.63) is 82.9 Å². The van der Waals surface area contributed by atoms with Crippen LogP contribution in [0.25, 0.3) is 0 Å². The molecule has 0 unspecified atom stereocenters. The van der Waals surface area contributed by atoms with E-state index in [2.05, 4.69) is 51.6 Å². The lowest BCUT2D eigenvalue weighted by molar-refractivity contribution is -1.11. The second kappa shape index (κ2) is 9.56. The van der Waals surface area contributed by atoms with Crippen LogP contribution < -0.4 is 12.4 Å². The number of halogens is 1. The molecule has 0 radical (unpaired) electrons. The Morgan fingerprint density at radius 1 is 0.962 bits per heavy atom. The maximum atomic E-state index is 12.3. The average molecular weight is 374 g/mol. The first-order valence-corrected chi connectivity index (χ1v) is 8.71. The first-order chi connectivity index (χ1) is 11.9. The van der Waals surface area contributed by atoms with Gasteiger partial charge in [0.1, 0.15) is 19.6 Å². The van der Waals surface area contributed by atoms with E-state index in [1.807, 2.05) is 24.3 Å². The van der Waals surface area contributed by atoms with E-state index >= 15 is 0 Å². The van der Waals surface area contributed by atoms with Crippen LogP contribution in [-0.2, 0) is 22.7 Å². The van der Waals surface area contributed by atoms with Gasteiger partial charge in [-0.05, 0) is 38.8 Å². The molecule has 2 aromatic rings. The number of hydrogen-bond acceptors (Lipinski definition) is 2. The molecule has 0 atom stereocenters. The summed E-state index contributed by atoms with van der Waals surface area (Å²) in [6.45, 7) is 13.6. The molecule has 26 heavy (non-hydrogen) atoms. The summed E-state index contributed by atoms with van der Waals surface area (Å²) in [6, 6.07) is 16.5. The Morgan fingerprint density at radius 3 is 1.73 bits per heavy atom. The normalized spacial score (nSPS) is 10.8. The maximum absolute atomic E-state index is 12.3. The van der Waals surface area contributed by atoms with Crippen LogP contribution in [0.2, 0.25) is 0 Å². The van der Waals surface area contributed by atoms with Crippen molar-refractivity contribution in [1.29, 1.82) is 0 Å². The Kier molecular flexibility index (Phi) is 8.07. The number of nitrogens with zero attached hydrogens (tertiary/aromatic N) is 1. The summed E-state index contributed by atoms with van der Waals surface area (Å²) < 4.78 is 0.224. The molecule has 2 aromatic carbocycles. The van der Waals surface area contributed by atoms with Crippen molar-refractivity contribution in [2.45, 2.75) is 40.8 Å². The number of benzene rings is 2. The molecule has 0 heterocycles. The van der Waals surface area contributed by atoms with E-state index in [0.717, 1.165) is 0 Å². The second-order valence-electron chi connectivity index (χ2n) is 6.70. The van der Waals surface area contributed by atoms with Gasteiger partial charge in [-0.25, -0.2) is 4.79 Å². The Morgan fingerprint density at radius 2 is 1.38 bits per heavy atom. The second-order valence-corrected chi connectivity index (χ2v) is 6.70. The maximum Gasteiger partial charge on any atom is 0.392 e. The minimum Gasteiger partial charge on any atom is -1.00 e. The molecule has 0 amide bonds. The molecule has 0 bridgehead atoms. The van der Waals surface area contributed by atoms with Gasteiger partial charge in [0.2, 0.25) is 0 Å². The van der Waals surface area contributed by atoms with Crippen LogP contribution in [0.4, 0.5) is 0 Å². The van der Waals surface area contributed by atoms with Crippen molar-refractivity contribution in [3.63, 3.8) is 0 Å². The van der Waals surface area contributed by atoms with Crippen LogP contribution in [-0.4, -0.2) is 17.2 Å². The van der Waals surface area contributed by atoms with Crippen molar-refractivity contribution < 1.29 is 26.7 Å². The summed E-state index contributed by atoms with van der Waals surface area (Å²) >= 11 is 0. The first kappa shape index (κ1) is 21.9. The van der Waals surface area contributed by atoms with E-state index in [-0.39, 0.29) is 23.0 Å². The molecule has 4 heteroatoms. The van der Waals surface area contributed by atoms with Crippen LogP contribution in [0.1, 0.15) is 36.1 Å². The average Bonchev–Trinajstić information content (AvgIpc) is 2.58. The third-order valence-corrected chi connectivity index (χ3v) is 4.64. The van der Waals surface area contributed by atoms with Crippen LogP contribution in [0.5, 0.6) is 0 Å². The number of carbonyl (C=O) groups is 1.